The Hall–Kier alpha value is -0.530. The molecule has 4 aliphatic rings. The molecule has 0 saturated heterocycles. The zero-order valence-electron chi connectivity index (χ0n) is 17.7. The van der Waals surface area contributed by atoms with Gasteiger partial charge in [-0.25, -0.2) is 0 Å². The number of carbonyl (C=O) groups excluding carboxylic acids is 1. The molecule has 0 aromatic rings. The summed E-state index contributed by atoms with van der Waals surface area (Å²) in [7, 11) is 0. The molecule has 148 valence electrons. The molecule has 0 amide bonds. The van der Waals surface area contributed by atoms with Crippen molar-refractivity contribution in [1.82, 2.24) is 0 Å². The molecule has 0 radical (unpaired) electrons. The Bertz CT molecular complexity index is 539. The molecule has 0 spiro atoms. The standard InChI is InChI=1S/C24H40O2/c1-6-15-12-16(7-2)21-18-13-17(20(15)21)14-19(18)22(25)26-24(23(3,4)5)10-8-9-11-24/h15-21H,6-14H2,1-5H3. The first-order chi connectivity index (χ1) is 12.3. The van der Waals surface area contributed by atoms with Crippen LogP contribution in [0.3, 0.4) is 0 Å². The van der Waals surface area contributed by atoms with Crippen molar-refractivity contribution >= 4 is 5.97 Å². The molecule has 26 heavy (non-hydrogen) atoms. The second-order valence-corrected chi connectivity index (χ2v) is 11.1. The lowest BCUT2D eigenvalue weighted by atomic mass is 9.70. The van der Waals surface area contributed by atoms with E-state index in [1.165, 1.54) is 38.5 Å². The summed E-state index contributed by atoms with van der Waals surface area (Å²) in [6.07, 6.45) is 11.0. The van der Waals surface area contributed by atoms with Crippen LogP contribution in [0, 0.1) is 46.8 Å². The molecule has 4 rings (SSSR count). The first kappa shape index (κ1) is 18.8. The predicted octanol–water partition coefficient (Wildman–Crippen LogP) is 6.23. The number of hydrogen-bond donors (Lipinski definition) is 0. The van der Waals surface area contributed by atoms with Gasteiger partial charge in [0.2, 0.25) is 0 Å². The van der Waals surface area contributed by atoms with E-state index in [0.717, 1.165) is 48.9 Å². The number of esters is 1. The van der Waals surface area contributed by atoms with Crippen LogP contribution in [0.4, 0.5) is 0 Å². The Balaban J connectivity index is 1.51. The monoisotopic (exact) mass is 360 g/mol. The highest BCUT2D eigenvalue weighted by Gasteiger charge is 2.62. The molecule has 0 heterocycles. The molecular weight excluding hydrogens is 320 g/mol. The Morgan fingerprint density at radius 2 is 1.58 bits per heavy atom. The summed E-state index contributed by atoms with van der Waals surface area (Å²) in [5.74, 6) is 5.31. The van der Waals surface area contributed by atoms with Crippen molar-refractivity contribution in [2.75, 3.05) is 0 Å². The Morgan fingerprint density at radius 3 is 2.15 bits per heavy atom. The van der Waals surface area contributed by atoms with Crippen LogP contribution in [-0.2, 0) is 9.53 Å². The maximum absolute atomic E-state index is 13.4. The molecule has 7 atom stereocenters. The van der Waals surface area contributed by atoms with Crippen molar-refractivity contribution in [3.05, 3.63) is 0 Å². The van der Waals surface area contributed by atoms with Crippen LogP contribution in [0.5, 0.6) is 0 Å². The van der Waals surface area contributed by atoms with E-state index in [4.69, 9.17) is 4.74 Å². The van der Waals surface area contributed by atoms with Gasteiger partial charge in [-0.3, -0.25) is 4.79 Å². The van der Waals surface area contributed by atoms with Gasteiger partial charge in [0, 0.05) is 5.41 Å². The van der Waals surface area contributed by atoms with E-state index >= 15 is 0 Å². The molecule has 7 unspecified atom stereocenters. The molecular formula is C24H40O2. The summed E-state index contributed by atoms with van der Waals surface area (Å²) in [4.78, 5) is 13.4. The van der Waals surface area contributed by atoms with Crippen molar-refractivity contribution < 1.29 is 9.53 Å². The molecule has 0 aliphatic heterocycles. The van der Waals surface area contributed by atoms with Gasteiger partial charge in [-0.1, -0.05) is 47.5 Å². The van der Waals surface area contributed by atoms with Gasteiger partial charge in [0.05, 0.1) is 5.92 Å². The fourth-order valence-corrected chi connectivity index (χ4v) is 7.88. The number of ether oxygens (including phenoxy) is 1. The lowest BCUT2D eigenvalue weighted by molar-refractivity contribution is -0.180. The predicted molar refractivity (Wildman–Crippen MR) is 106 cm³/mol. The summed E-state index contributed by atoms with van der Waals surface area (Å²) >= 11 is 0. The number of rotatable bonds is 4. The maximum Gasteiger partial charge on any atom is 0.309 e. The third-order valence-corrected chi connectivity index (χ3v) is 9.25. The van der Waals surface area contributed by atoms with E-state index in [9.17, 15) is 4.79 Å². The average molecular weight is 361 g/mol. The summed E-state index contributed by atoms with van der Waals surface area (Å²) < 4.78 is 6.43. The van der Waals surface area contributed by atoms with Crippen LogP contribution < -0.4 is 0 Å². The second kappa shape index (κ2) is 6.52. The van der Waals surface area contributed by atoms with Crippen molar-refractivity contribution in [3.63, 3.8) is 0 Å². The molecule has 4 saturated carbocycles. The largest absolute Gasteiger partial charge is 0.458 e. The minimum atomic E-state index is -0.211. The van der Waals surface area contributed by atoms with E-state index < -0.39 is 0 Å². The van der Waals surface area contributed by atoms with E-state index in [2.05, 4.69) is 34.6 Å². The molecule has 0 N–H and O–H groups in total. The van der Waals surface area contributed by atoms with E-state index in [1.807, 2.05) is 0 Å². The highest BCUT2D eigenvalue weighted by molar-refractivity contribution is 5.74. The van der Waals surface area contributed by atoms with Gasteiger partial charge in [0.1, 0.15) is 5.60 Å². The summed E-state index contributed by atoms with van der Waals surface area (Å²) in [5.41, 5.74) is -0.164. The minimum absolute atomic E-state index is 0.0476. The molecule has 2 nitrogen and oxygen atoms in total. The molecule has 0 aromatic carbocycles. The van der Waals surface area contributed by atoms with Gasteiger partial charge in [-0.2, -0.15) is 0 Å². The van der Waals surface area contributed by atoms with Crippen LogP contribution in [0.25, 0.3) is 0 Å². The van der Waals surface area contributed by atoms with E-state index in [1.54, 1.807) is 0 Å². The Morgan fingerprint density at radius 1 is 0.962 bits per heavy atom. The molecule has 4 fully saturated rings. The number of fused-ring (bicyclic) bond motifs is 5. The molecule has 2 bridgehead atoms. The lowest BCUT2D eigenvalue weighted by Crippen LogP contribution is -2.47. The van der Waals surface area contributed by atoms with Crippen LogP contribution in [0.2, 0.25) is 0 Å². The Labute approximate surface area is 160 Å². The highest BCUT2D eigenvalue weighted by atomic mass is 16.6. The van der Waals surface area contributed by atoms with Crippen LogP contribution in [0.1, 0.15) is 92.4 Å². The third kappa shape index (κ3) is 2.68. The zero-order chi connectivity index (χ0) is 18.7. The van der Waals surface area contributed by atoms with Crippen LogP contribution >= 0.6 is 0 Å². The average Bonchev–Trinajstić information content (AvgIpc) is 3.34. The minimum Gasteiger partial charge on any atom is -0.458 e. The van der Waals surface area contributed by atoms with Crippen molar-refractivity contribution in [3.8, 4) is 0 Å². The normalized spacial score (nSPS) is 43.7. The topological polar surface area (TPSA) is 26.3 Å². The smallest absolute Gasteiger partial charge is 0.309 e. The van der Waals surface area contributed by atoms with Crippen molar-refractivity contribution in [2.24, 2.45) is 46.8 Å². The molecule has 4 aliphatic carbocycles. The van der Waals surface area contributed by atoms with Crippen molar-refractivity contribution in [2.45, 2.75) is 98.0 Å². The van der Waals surface area contributed by atoms with Gasteiger partial charge in [0.25, 0.3) is 0 Å². The lowest BCUT2D eigenvalue weighted by Gasteiger charge is -2.43. The van der Waals surface area contributed by atoms with Crippen LogP contribution in [0.15, 0.2) is 0 Å². The van der Waals surface area contributed by atoms with Gasteiger partial charge in [0.15, 0.2) is 0 Å². The van der Waals surface area contributed by atoms with E-state index in [0.29, 0.717) is 5.92 Å². The molecule has 2 heteroatoms. The summed E-state index contributed by atoms with van der Waals surface area (Å²) in [6, 6.07) is 0. The SMILES string of the molecule is CCC1CC(CC)C2C3CC(CC3C(=O)OC3(C(C)(C)C)CCCC3)C12. The van der Waals surface area contributed by atoms with Gasteiger partial charge in [-0.15, -0.1) is 0 Å². The first-order valence-electron chi connectivity index (χ1n) is 11.5. The van der Waals surface area contributed by atoms with Gasteiger partial charge < -0.3 is 4.74 Å². The summed E-state index contributed by atoms with van der Waals surface area (Å²) in [5, 5.41) is 0. The first-order valence-corrected chi connectivity index (χ1v) is 11.5. The molecule has 0 aromatic heterocycles. The van der Waals surface area contributed by atoms with Crippen molar-refractivity contribution in [1.29, 1.82) is 0 Å². The van der Waals surface area contributed by atoms with Gasteiger partial charge in [-0.05, 0) is 80.5 Å². The zero-order valence-corrected chi connectivity index (χ0v) is 17.7. The fourth-order valence-electron chi connectivity index (χ4n) is 7.88. The van der Waals surface area contributed by atoms with Crippen LogP contribution in [-0.4, -0.2) is 11.6 Å². The number of carbonyl (C=O) groups is 1. The second-order valence-electron chi connectivity index (χ2n) is 11.1. The maximum atomic E-state index is 13.4. The third-order valence-electron chi connectivity index (χ3n) is 9.25. The highest BCUT2D eigenvalue weighted by Crippen LogP contribution is 2.66. The quantitative estimate of drug-likeness (QED) is 0.555. The van der Waals surface area contributed by atoms with Gasteiger partial charge >= 0.3 is 5.97 Å². The fraction of sp³-hybridized carbons (Fsp3) is 0.958. The number of hydrogen-bond acceptors (Lipinski definition) is 2. The Kier molecular flexibility index (Phi) is 4.72. The summed E-state index contributed by atoms with van der Waals surface area (Å²) in [6.45, 7) is 11.5. The van der Waals surface area contributed by atoms with E-state index in [-0.39, 0.29) is 22.9 Å².